The predicted molar refractivity (Wildman–Crippen MR) is 108 cm³/mol. The van der Waals surface area contributed by atoms with Gasteiger partial charge < -0.3 is 0 Å². The zero-order valence-corrected chi connectivity index (χ0v) is 15.4. The molecule has 3 aliphatic rings. The predicted octanol–water partition coefficient (Wildman–Crippen LogP) is 4.35. The van der Waals surface area contributed by atoms with E-state index in [1.165, 1.54) is 5.56 Å². The van der Waals surface area contributed by atoms with Crippen molar-refractivity contribution in [3.05, 3.63) is 65.5 Å². The van der Waals surface area contributed by atoms with Gasteiger partial charge in [-0.3, -0.25) is 0 Å². The number of hydrogen-bond donors (Lipinski definition) is 0. The Morgan fingerprint density at radius 1 is 0.923 bits per heavy atom. The Morgan fingerprint density at radius 2 is 1.69 bits per heavy atom. The Kier molecular flexibility index (Phi) is 3.80. The Bertz CT molecular complexity index is 961. The van der Waals surface area contributed by atoms with Gasteiger partial charge in [0.15, 0.2) is 5.84 Å². The summed E-state index contributed by atoms with van der Waals surface area (Å²) in [7, 11) is 0. The highest BCUT2D eigenvalue weighted by Gasteiger charge is 2.32. The molecule has 0 saturated carbocycles. The van der Waals surface area contributed by atoms with E-state index in [-0.39, 0.29) is 5.41 Å². The lowest BCUT2D eigenvalue weighted by molar-refractivity contribution is 0.571. The molecule has 0 radical (unpaired) electrons. The van der Waals surface area contributed by atoms with Crippen molar-refractivity contribution in [1.29, 1.82) is 0 Å². The van der Waals surface area contributed by atoms with Crippen molar-refractivity contribution in [1.82, 2.24) is 4.90 Å². The molecule has 0 saturated heterocycles. The Labute approximate surface area is 153 Å². The molecule has 0 unspecified atom stereocenters. The first-order chi connectivity index (χ1) is 12.4. The summed E-state index contributed by atoms with van der Waals surface area (Å²) in [6.45, 7) is 8.38. The van der Waals surface area contributed by atoms with Crippen molar-refractivity contribution in [2.75, 3.05) is 0 Å². The highest BCUT2D eigenvalue weighted by molar-refractivity contribution is 6.23. The lowest BCUT2D eigenvalue weighted by Crippen LogP contribution is -2.42. The van der Waals surface area contributed by atoms with Crippen molar-refractivity contribution in [2.24, 2.45) is 25.4 Å². The van der Waals surface area contributed by atoms with E-state index < -0.39 is 0 Å². The molecule has 0 atom stereocenters. The first-order valence-electron chi connectivity index (χ1n) is 8.69. The molecular weight excluding hydrogens is 322 g/mol. The third kappa shape index (κ3) is 3.08. The van der Waals surface area contributed by atoms with Crippen LogP contribution < -0.4 is 0 Å². The molecule has 1 aromatic carbocycles. The fraction of sp³-hybridized carbons (Fsp3) is 0.238. The van der Waals surface area contributed by atoms with E-state index in [1.54, 1.807) is 0 Å². The van der Waals surface area contributed by atoms with Crippen molar-refractivity contribution in [3.63, 3.8) is 0 Å². The maximum Gasteiger partial charge on any atom is 0.240 e. The van der Waals surface area contributed by atoms with E-state index in [1.807, 2.05) is 35.3 Å². The van der Waals surface area contributed by atoms with Gasteiger partial charge in [-0.25, -0.2) is 14.9 Å². The summed E-state index contributed by atoms with van der Waals surface area (Å²) in [6.07, 6.45) is 9.81. The molecule has 3 heterocycles. The fourth-order valence-electron chi connectivity index (χ4n) is 2.72. The van der Waals surface area contributed by atoms with Crippen LogP contribution in [0.3, 0.4) is 0 Å². The number of hydrogen-bond acceptors (Lipinski definition) is 5. The van der Waals surface area contributed by atoms with Gasteiger partial charge in [0.25, 0.3) is 0 Å². The molecule has 0 aromatic heterocycles. The molecule has 26 heavy (non-hydrogen) atoms. The summed E-state index contributed by atoms with van der Waals surface area (Å²) in [5.74, 6) is 3.63. The van der Waals surface area contributed by atoms with E-state index in [0.29, 0.717) is 11.8 Å². The number of allylic oxidation sites excluding steroid dienone is 2. The van der Waals surface area contributed by atoms with Crippen molar-refractivity contribution in [2.45, 2.75) is 27.7 Å². The largest absolute Gasteiger partial charge is 0.246 e. The zero-order chi connectivity index (χ0) is 18.3. The van der Waals surface area contributed by atoms with Gasteiger partial charge in [-0.1, -0.05) is 62.8 Å². The third-order valence-corrected chi connectivity index (χ3v) is 4.19. The van der Waals surface area contributed by atoms with Crippen LogP contribution in [0.5, 0.6) is 0 Å². The molecule has 0 N–H and O–H groups in total. The van der Waals surface area contributed by atoms with Crippen molar-refractivity contribution < 1.29 is 0 Å². The van der Waals surface area contributed by atoms with Gasteiger partial charge >= 0.3 is 0 Å². The van der Waals surface area contributed by atoms with E-state index in [2.05, 4.69) is 66.9 Å². The van der Waals surface area contributed by atoms with E-state index in [4.69, 9.17) is 4.99 Å². The number of aliphatic imine (C=N–C) groups is 4. The molecule has 0 spiro atoms. The minimum absolute atomic E-state index is 0.150. The van der Waals surface area contributed by atoms with Gasteiger partial charge in [0.05, 0.1) is 0 Å². The highest BCUT2D eigenvalue weighted by atomic mass is 15.4. The summed E-state index contributed by atoms with van der Waals surface area (Å²) in [6, 6.07) is 8.35. The first kappa shape index (κ1) is 16.4. The summed E-state index contributed by atoms with van der Waals surface area (Å²) >= 11 is 0. The first-order valence-corrected chi connectivity index (χ1v) is 8.69. The smallest absolute Gasteiger partial charge is 0.240 e. The molecule has 0 aliphatic carbocycles. The minimum atomic E-state index is -0.150. The van der Waals surface area contributed by atoms with Crippen molar-refractivity contribution >= 4 is 29.5 Å². The number of benzene rings is 1. The zero-order valence-electron chi connectivity index (χ0n) is 15.4. The van der Waals surface area contributed by atoms with Gasteiger partial charge in [0.2, 0.25) is 5.96 Å². The number of amidine groups is 3. The maximum atomic E-state index is 4.69. The Morgan fingerprint density at radius 3 is 2.42 bits per heavy atom. The lowest BCUT2D eigenvalue weighted by Gasteiger charge is -2.33. The van der Waals surface area contributed by atoms with Crippen LogP contribution in [0, 0.1) is 12.3 Å². The average Bonchev–Trinajstić information content (AvgIpc) is 2.60. The normalized spacial score (nSPS) is 18.8. The second kappa shape index (κ2) is 6.02. The van der Waals surface area contributed by atoms with Crippen molar-refractivity contribution in [3.8, 4) is 0 Å². The minimum Gasteiger partial charge on any atom is -0.246 e. The van der Waals surface area contributed by atoms with Gasteiger partial charge in [0.1, 0.15) is 17.5 Å². The van der Waals surface area contributed by atoms with E-state index in [9.17, 15) is 0 Å². The Hall–Kier alpha value is -3.08. The van der Waals surface area contributed by atoms with Gasteiger partial charge in [-0.05, 0) is 30.7 Å². The Balaban J connectivity index is 1.71. The van der Waals surface area contributed by atoms with E-state index in [0.717, 1.165) is 23.1 Å². The third-order valence-electron chi connectivity index (χ3n) is 4.19. The SMILES string of the molecule is Cc1ccc(/C=C/C2=NC3=NC(C(C)(C)C)=NC4=CC=CC(=N2)N43)cc1. The number of aryl methyl sites for hydroxylation is 1. The molecule has 5 heteroatoms. The number of guanidine groups is 1. The average molecular weight is 343 g/mol. The summed E-state index contributed by atoms with van der Waals surface area (Å²) in [5.41, 5.74) is 2.21. The van der Waals surface area contributed by atoms with E-state index >= 15 is 0 Å². The molecule has 0 bridgehead atoms. The topological polar surface area (TPSA) is 52.7 Å². The monoisotopic (exact) mass is 343 g/mol. The van der Waals surface area contributed by atoms with Gasteiger partial charge in [0, 0.05) is 5.41 Å². The standard InChI is InChI=1S/C21H21N5/c1-14-8-10-15(11-9-14)12-13-16-22-17-6-5-7-18-24-19(21(2,3)4)25-20(23-16)26(17)18/h5-13H,1-4H3/b13-12+. The van der Waals surface area contributed by atoms with Crippen LogP contribution in [0.2, 0.25) is 0 Å². The van der Waals surface area contributed by atoms with Crippen LogP contribution in [0.1, 0.15) is 31.9 Å². The molecule has 5 nitrogen and oxygen atoms in total. The van der Waals surface area contributed by atoms with Gasteiger partial charge in [-0.2, -0.15) is 9.98 Å². The maximum absolute atomic E-state index is 4.69. The van der Waals surface area contributed by atoms with Crippen LogP contribution in [-0.2, 0) is 0 Å². The van der Waals surface area contributed by atoms with Crippen LogP contribution in [0.4, 0.5) is 0 Å². The molecular formula is C21H21N5. The highest BCUT2D eigenvalue weighted by Crippen LogP contribution is 2.28. The molecule has 130 valence electrons. The summed E-state index contributed by atoms with van der Waals surface area (Å²) < 4.78 is 0. The number of rotatable bonds is 2. The molecule has 1 aromatic rings. The van der Waals surface area contributed by atoms with Crippen LogP contribution in [-0.4, -0.2) is 28.4 Å². The van der Waals surface area contributed by atoms with Crippen LogP contribution >= 0.6 is 0 Å². The fourth-order valence-corrected chi connectivity index (χ4v) is 2.72. The molecule has 3 aliphatic heterocycles. The second-order valence-corrected chi connectivity index (χ2v) is 7.50. The number of nitrogens with zero attached hydrogens (tertiary/aromatic N) is 5. The molecule has 0 amide bonds. The van der Waals surface area contributed by atoms with Gasteiger partial charge in [-0.15, -0.1) is 0 Å². The summed E-state index contributed by atoms with van der Waals surface area (Å²) in [4.78, 5) is 20.5. The quantitative estimate of drug-likeness (QED) is 0.788. The summed E-state index contributed by atoms with van der Waals surface area (Å²) in [5, 5.41) is 0. The molecule has 4 rings (SSSR count). The second-order valence-electron chi connectivity index (χ2n) is 7.50. The lowest BCUT2D eigenvalue weighted by atomic mass is 9.95. The van der Waals surface area contributed by atoms with Crippen LogP contribution in [0.25, 0.3) is 6.08 Å². The van der Waals surface area contributed by atoms with Crippen LogP contribution in [0.15, 0.2) is 74.4 Å². The molecule has 0 fully saturated rings.